The second-order valence-corrected chi connectivity index (χ2v) is 13.5. The number of benzene rings is 2. The number of piperidine rings is 2. The number of amides is 1. The molecule has 7 nitrogen and oxygen atoms in total. The van der Waals surface area contributed by atoms with Gasteiger partial charge in [0, 0.05) is 19.1 Å². The molecule has 6 rings (SSSR count). The monoisotopic (exact) mass is 562 g/mol. The van der Waals surface area contributed by atoms with Crippen molar-refractivity contribution in [2.45, 2.75) is 83.3 Å². The summed E-state index contributed by atoms with van der Waals surface area (Å²) < 4.78 is 7.72. The van der Waals surface area contributed by atoms with Gasteiger partial charge in [-0.1, -0.05) is 29.8 Å². The van der Waals surface area contributed by atoms with E-state index in [1.165, 1.54) is 11.1 Å². The Bertz CT molecular complexity index is 1520. The smallest absolute Gasteiger partial charge is 0.410 e. The van der Waals surface area contributed by atoms with Crippen LogP contribution >= 0.6 is 11.6 Å². The highest BCUT2D eigenvalue weighted by molar-refractivity contribution is 6.35. The molecule has 2 aromatic carbocycles. The molecule has 0 unspecified atom stereocenters. The maximum Gasteiger partial charge on any atom is 0.410 e. The molecule has 0 N–H and O–H groups in total. The van der Waals surface area contributed by atoms with Crippen molar-refractivity contribution in [2.24, 2.45) is 0 Å². The minimum atomic E-state index is -0.459. The minimum Gasteiger partial charge on any atom is -0.444 e. The van der Waals surface area contributed by atoms with E-state index in [0.717, 1.165) is 68.9 Å². The van der Waals surface area contributed by atoms with Crippen molar-refractivity contribution < 1.29 is 9.53 Å². The van der Waals surface area contributed by atoms with Crippen LogP contribution in [0, 0.1) is 0 Å². The first-order valence-corrected chi connectivity index (χ1v) is 14.9. The third-order valence-electron chi connectivity index (χ3n) is 8.99. The van der Waals surface area contributed by atoms with Gasteiger partial charge in [-0.15, -0.1) is 0 Å². The Balaban J connectivity index is 1.18. The summed E-state index contributed by atoms with van der Waals surface area (Å²) >= 11 is 6.46. The second kappa shape index (κ2) is 9.88. The number of hydrogen-bond donors (Lipinski definition) is 0. The van der Waals surface area contributed by atoms with Crippen molar-refractivity contribution >= 4 is 28.6 Å². The van der Waals surface area contributed by atoms with E-state index in [0.29, 0.717) is 22.4 Å². The van der Waals surface area contributed by atoms with Gasteiger partial charge in [-0.25, -0.2) is 4.79 Å². The van der Waals surface area contributed by atoms with Gasteiger partial charge in [0.1, 0.15) is 11.4 Å². The van der Waals surface area contributed by atoms with Crippen LogP contribution in [-0.4, -0.2) is 63.3 Å². The molecular weight excluding hydrogens is 524 g/mol. The SMILES string of the molecule is CC(C)(C)OC(=O)N1CCC(N2CCC(c3ccc4c(c3)-n3c(nc(=O)c5c(Cl)cccc53)C4(C)C)CC2)CC1. The Labute approximate surface area is 241 Å². The largest absolute Gasteiger partial charge is 0.444 e. The molecule has 1 aromatic heterocycles. The van der Waals surface area contributed by atoms with E-state index in [1.54, 1.807) is 6.07 Å². The molecule has 3 aromatic rings. The fourth-order valence-electron chi connectivity index (χ4n) is 6.86. The number of halogens is 1. The van der Waals surface area contributed by atoms with Gasteiger partial charge in [0.05, 0.1) is 27.0 Å². The lowest BCUT2D eigenvalue weighted by molar-refractivity contribution is 0.0127. The molecule has 0 bridgehead atoms. The normalized spacial score (nSPS) is 20.0. The van der Waals surface area contributed by atoms with Crippen molar-refractivity contribution in [1.82, 2.24) is 19.4 Å². The van der Waals surface area contributed by atoms with Crippen LogP contribution in [0.1, 0.15) is 83.2 Å². The van der Waals surface area contributed by atoms with E-state index in [2.05, 4.69) is 46.5 Å². The van der Waals surface area contributed by atoms with Gasteiger partial charge in [0.2, 0.25) is 0 Å². The first kappa shape index (κ1) is 27.3. The van der Waals surface area contributed by atoms with Gasteiger partial charge in [0.15, 0.2) is 0 Å². The predicted octanol–water partition coefficient (Wildman–Crippen LogP) is 6.26. The highest BCUT2D eigenvalue weighted by Crippen LogP contribution is 2.44. The molecular formula is C32H39ClN4O3. The minimum absolute atomic E-state index is 0.194. The number of aromatic nitrogens is 2. The molecule has 8 heteroatoms. The van der Waals surface area contributed by atoms with Crippen LogP contribution in [-0.2, 0) is 10.2 Å². The molecule has 2 fully saturated rings. The van der Waals surface area contributed by atoms with Crippen LogP contribution in [0.4, 0.5) is 4.79 Å². The average molecular weight is 563 g/mol. The summed E-state index contributed by atoms with van der Waals surface area (Å²) in [6.07, 6.45) is 4.01. The van der Waals surface area contributed by atoms with Crippen molar-refractivity contribution in [3.05, 3.63) is 68.7 Å². The van der Waals surface area contributed by atoms with Gasteiger partial charge in [-0.05, 0) is 109 Å². The quantitative estimate of drug-likeness (QED) is 0.369. The molecule has 0 saturated carbocycles. The van der Waals surface area contributed by atoms with E-state index >= 15 is 0 Å². The Kier molecular flexibility index (Phi) is 6.74. The number of fused-ring (bicyclic) bond motifs is 5. The summed E-state index contributed by atoms with van der Waals surface area (Å²) in [5, 5.41) is 0.921. The third kappa shape index (κ3) is 4.71. The molecule has 0 spiro atoms. The zero-order valence-electron chi connectivity index (χ0n) is 24.2. The van der Waals surface area contributed by atoms with Crippen LogP contribution in [0.2, 0.25) is 5.02 Å². The second-order valence-electron chi connectivity index (χ2n) is 13.1. The lowest BCUT2D eigenvalue weighted by Crippen LogP contribution is -2.49. The van der Waals surface area contributed by atoms with Crippen molar-refractivity contribution in [2.75, 3.05) is 26.2 Å². The van der Waals surface area contributed by atoms with Gasteiger partial charge < -0.3 is 14.5 Å². The molecule has 4 heterocycles. The number of rotatable bonds is 2. The Morgan fingerprint density at radius 1 is 1.02 bits per heavy atom. The van der Waals surface area contributed by atoms with Crippen LogP contribution in [0.25, 0.3) is 16.6 Å². The Morgan fingerprint density at radius 2 is 1.73 bits per heavy atom. The number of hydrogen-bond acceptors (Lipinski definition) is 5. The first-order chi connectivity index (χ1) is 18.9. The van der Waals surface area contributed by atoms with Gasteiger partial charge in [-0.3, -0.25) is 9.36 Å². The van der Waals surface area contributed by atoms with Gasteiger partial charge >= 0.3 is 6.09 Å². The topological polar surface area (TPSA) is 67.7 Å². The lowest BCUT2D eigenvalue weighted by Gasteiger charge is -2.42. The third-order valence-corrected chi connectivity index (χ3v) is 9.31. The molecule has 0 aliphatic carbocycles. The van der Waals surface area contributed by atoms with Crippen LogP contribution in [0.3, 0.4) is 0 Å². The summed E-state index contributed by atoms with van der Waals surface area (Å²) in [5.74, 6) is 1.25. The van der Waals surface area contributed by atoms with E-state index < -0.39 is 5.60 Å². The average Bonchev–Trinajstić information content (AvgIpc) is 3.14. The summed E-state index contributed by atoms with van der Waals surface area (Å²) in [7, 11) is 0. The van der Waals surface area contributed by atoms with Gasteiger partial charge in [0.25, 0.3) is 5.56 Å². The summed E-state index contributed by atoms with van der Waals surface area (Å²) in [4.78, 5) is 34.4. The number of nitrogens with zero attached hydrogens (tertiary/aromatic N) is 4. The number of carbonyl (C=O) groups is 1. The van der Waals surface area contributed by atoms with Gasteiger partial charge in [-0.2, -0.15) is 4.98 Å². The lowest BCUT2D eigenvalue weighted by atomic mass is 9.82. The van der Waals surface area contributed by atoms with Crippen LogP contribution < -0.4 is 5.56 Å². The molecule has 3 aliphatic rings. The molecule has 0 atom stereocenters. The Morgan fingerprint density at radius 3 is 2.40 bits per heavy atom. The molecule has 212 valence electrons. The van der Waals surface area contributed by atoms with E-state index in [4.69, 9.17) is 16.3 Å². The number of ether oxygens (including phenoxy) is 1. The standard InChI is InChI=1S/C32H39ClN4O3/c1-31(2,3)40-30(39)36-17-13-22(14-18-36)35-15-11-20(12-16-35)21-9-10-23-26(19-21)37-25-8-6-7-24(33)27(25)28(38)34-29(37)32(23,4)5/h6-10,19-20,22H,11-18H2,1-5H3. The van der Waals surface area contributed by atoms with Crippen molar-refractivity contribution in [3.63, 3.8) is 0 Å². The maximum absolute atomic E-state index is 12.9. The zero-order chi connectivity index (χ0) is 28.4. The molecule has 2 saturated heterocycles. The molecule has 40 heavy (non-hydrogen) atoms. The fourth-order valence-corrected chi connectivity index (χ4v) is 7.12. The van der Waals surface area contributed by atoms with Crippen LogP contribution in [0.15, 0.2) is 41.2 Å². The van der Waals surface area contributed by atoms with Crippen molar-refractivity contribution in [1.29, 1.82) is 0 Å². The van der Waals surface area contributed by atoms with E-state index in [9.17, 15) is 9.59 Å². The number of carbonyl (C=O) groups excluding carboxylic acids is 1. The summed E-state index contributed by atoms with van der Waals surface area (Å²) in [6.45, 7) is 13.7. The zero-order valence-corrected chi connectivity index (χ0v) is 24.9. The van der Waals surface area contributed by atoms with E-state index in [1.807, 2.05) is 37.8 Å². The maximum atomic E-state index is 12.9. The van der Waals surface area contributed by atoms with E-state index in [-0.39, 0.29) is 17.1 Å². The predicted molar refractivity (Wildman–Crippen MR) is 159 cm³/mol. The molecule has 3 aliphatic heterocycles. The highest BCUT2D eigenvalue weighted by atomic mass is 35.5. The highest BCUT2D eigenvalue weighted by Gasteiger charge is 2.39. The summed E-state index contributed by atoms with van der Waals surface area (Å²) in [5.41, 5.74) is 3.35. The van der Waals surface area contributed by atoms with Crippen molar-refractivity contribution in [3.8, 4) is 5.69 Å². The Hall–Kier alpha value is -2.90. The molecule has 1 amide bonds. The first-order valence-electron chi connectivity index (χ1n) is 14.5. The number of likely N-dealkylation sites (tertiary alicyclic amines) is 2. The summed E-state index contributed by atoms with van der Waals surface area (Å²) in [6, 6.07) is 13.0. The fraction of sp³-hybridized carbons (Fsp3) is 0.531. The molecule has 0 radical (unpaired) electrons. The van der Waals surface area contributed by atoms with Crippen LogP contribution in [0.5, 0.6) is 0 Å².